The molecule has 2 aromatic rings. The number of hydrogen-bond acceptors (Lipinski definition) is 4. The van der Waals surface area contributed by atoms with Crippen LogP contribution in [0.25, 0.3) is 0 Å². The van der Waals surface area contributed by atoms with Crippen molar-refractivity contribution < 1.29 is 9.59 Å². The Bertz CT molecular complexity index is 509. The maximum absolute atomic E-state index is 11.5. The summed E-state index contributed by atoms with van der Waals surface area (Å²) >= 11 is 0. The van der Waals surface area contributed by atoms with Crippen LogP contribution in [-0.4, -0.2) is 26.7 Å². The third-order valence-electron chi connectivity index (χ3n) is 1.92. The lowest BCUT2D eigenvalue weighted by Gasteiger charge is -2.06. The SMILES string of the molecule is O=C(NNC(=O)n1cccn1)c1cccnc1. The smallest absolute Gasteiger partial charge is 0.267 e. The molecule has 7 nitrogen and oxygen atoms in total. The lowest BCUT2D eigenvalue weighted by Crippen LogP contribution is -2.43. The van der Waals surface area contributed by atoms with E-state index in [4.69, 9.17) is 0 Å². The normalized spacial score (nSPS) is 9.65. The first-order chi connectivity index (χ1) is 8.27. The van der Waals surface area contributed by atoms with Crippen molar-refractivity contribution in [2.45, 2.75) is 0 Å². The van der Waals surface area contributed by atoms with Gasteiger partial charge in [-0.15, -0.1) is 0 Å². The van der Waals surface area contributed by atoms with E-state index >= 15 is 0 Å². The molecule has 0 spiro atoms. The second-order valence-electron chi connectivity index (χ2n) is 3.08. The second-order valence-corrected chi connectivity index (χ2v) is 3.08. The Kier molecular flexibility index (Phi) is 3.10. The number of pyridine rings is 1. The molecule has 2 aromatic heterocycles. The fourth-order valence-electron chi connectivity index (χ4n) is 1.13. The second kappa shape index (κ2) is 4.88. The van der Waals surface area contributed by atoms with Gasteiger partial charge < -0.3 is 0 Å². The van der Waals surface area contributed by atoms with E-state index in [1.807, 2.05) is 0 Å². The quantitative estimate of drug-likeness (QED) is 0.685. The van der Waals surface area contributed by atoms with E-state index in [0.29, 0.717) is 5.56 Å². The van der Waals surface area contributed by atoms with Gasteiger partial charge in [0.25, 0.3) is 5.91 Å². The Labute approximate surface area is 96.4 Å². The van der Waals surface area contributed by atoms with Gasteiger partial charge in [0.05, 0.1) is 5.56 Å². The number of hydrogen-bond donors (Lipinski definition) is 2. The minimum atomic E-state index is -0.549. The Morgan fingerprint density at radius 2 is 2.06 bits per heavy atom. The van der Waals surface area contributed by atoms with Gasteiger partial charge in [-0.3, -0.25) is 15.2 Å². The van der Waals surface area contributed by atoms with Crippen LogP contribution in [0.4, 0.5) is 4.79 Å². The summed E-state index contributed by atoms with van der Waals surface area (Å²) in [5.74, 6) is -0.446. The van der Waals surface area contributed by atoms with Crippen LogP contribution in [0.2, 0.25) is 0 Å². The van der Waals surface area contributed by atoms with E-state index in [9.17, 15) is 9.59 Å². The third-order valence-corrected chi connectivity index (χ3v) is 1.92. The first-order valence-corrected chi connectivity index (χ1v) is 4.78. The van der Waals surface area contributed by atoms with Crippen LogP contribution < -0.4 is 10.9 Å². The first-order valence-electron chi connectivity index (χ1n) is 4.78. The van der Waals surface area contributed by atoms with E-state index in [2.05, 4.69) is 20.9 Å². The Morgan fingerprint density at radius 1 is 1.18 bits per heavy atom. The average Bonchev–Trinajstić information content (AvgIpc) is 2.90. The summed E-state index contributed by atoms with van der Waals surface area (Å²) in [5, 5.41) is 3.71. The summed E-state index contributed by atoms with van der Waals surface area (Å²) in [5.41, 5.74) is 4.82. The molecule has 2 heterocycles. The number of rotatable bonds is 1. The zero-order chi connectivity index (χ0) is 12.1. The standard InChI is InChI=1S/C10H9N5O2/c16-9(8-3-1-4-11-7-8)13-14-10(17)15-6-2-5-12-15/h1-7H,(H,13,16)(H,14,17). The van der Waals surface area contributed by atoms with E-state index in [1.54, 1.807) is 24.4 Å². The molecule has 2 N–H and O–H groups in total. The molecule has 0 aliphatic heterocycles. The fraction of sp³-hybridized carbons (Fsp3) is 0. The largest absolute Gasteiger partial charge is 0.360 e. The zero-order valence-corrected chi connectivity index (χ0v) is 8.70. The molecule has 0 bridgehead atoms. The molecule has 17 heavy (non-hydrogen) atoms. The van der Waals surface area contributed by atoms with Gasteiger partial charge in [0.2, 0.25) is 0 Å². The Hall–Kier alpha value is -2.70. The highest BCUT2D eigenvalue weighted by atomic mass is 16.2. The molecule has 0 radical (unpaired) electrons. The van der Waals surface area contributed by atoms with Crippen molar-refractivity contribution in [3.8, 4) is 0 Å². The van der Waals surface area contributed by atoms with Crippen LogP contribution >= 0.6 is 0 Å². The number of nitrogens with one attached hydrogen (secondary N) is 2. The van der Waals surface area contributed by atoms with E-state index in [0.717, 1.165) is 4.68 Å². The van der Waals surface area contributed by atoms with Crippen LogP contribution in [0.1, 0.15) is 10.4 Å². The summed E-state index contributed by atoms with van der Waals surface area (Å²) in [4.78, 5) is 26.7. The number of hydrazine groups is 1. The summed E-state index contributed by atoms with van der Waals surface area (Å²) in [6.45, 7) is 0. The predicted molar refractivity (Wildman–Crippen MR) is 57.9 cm³/mol. The molecule has 0 aliphatic rings. The summed E-state index contributed by atoms with van der Waals surface area (Å²) in [6, 6.07) is 4.27. The highest BCUT2D eigenvalue weighted by Crippen LogP contribution is 1.93. The monoisotopic (exact) mass is 231 g/mol. The van der Waals surface area contributed by atoms with Gasteiger partial charge >= 0.3 is 6.03 Å². The molecule has 86 valence electrons. The highest BCUT2D eigenvalue weighted by molar-refractivity contribution is 5.94. The molecular formula is C10H9N5O2. The number of aromatic nitrogens is 3. The molecular weight excluding hydrogens is 222 g/mol. The van der Waals surface area contributed by atoms with E-state index in [1.165, 1.54) is 18.6 Å². The third kappa shape index (κ3) is 2.65. The van der Waals surface area contributed by atoms with Crippen LogP contribution in [0, 0.1) is 0 Å². The van der Waals surface area contributed by atoms with Crippen molar-refractivity contribution in [2.75, 3.05) is 0 Å². The molecule has 7 heteroatoms. The first kappa shape index (κ1) is 10.8. The van der Waals surface area contributed by atoms with Crippen LogP contribution in [0.5, 0.6) is 0 Å². The van der Waals surface area contributed by atoms with Gasteiger partial charge in [0, 0.05) is 24.8 Å². The van der Waals surface area contributed by atoms with Gasteiger partial charge in [0.15, 0.2) is 0 Å². The molecule has 0 aromatic carbocycles. The number of carbonyl (C=O) groups is 2. The maximum atomic E-state index is 11.5. The highest BCUT2D eigenvalue weighted by Gasteiger charge is 2.07. The van der Waals surface area contributed by atoms with Crippen LogP contribution in [0.3, 0.4) is 0 Å². The zero-order valence-electron chi connectivity index (χ0n) is 8.70. The molecule has 0 atom stereocenters. The average molecular weight is 231 g/mol. The number of amides is 2. The minimum absolute atomic E-state index is 0.355. The lowest BCUT2D eigenvalue weighted by molar-refractivity contribution is 0.0936. The molecule has 2 rings (SSSR count). The van der Waals surface area contributed by atoms with Crippen molar-refractivity contribution >= 4 is 11.9 Å². The fourth-order valence-corrected chi connectivity index (χ4v) is 1.13. The lowest BCUT2D eigenvalue weighted by atomic mass is 10.3. The van der Waals surface area contributed by atoms with Crippen LogP contribution in [-0.2, 0) is 0 Å². The Morgan fingerprint density at radius 3 is 2.71 bits per heavy atom. The molecule has 0 saturated heterocycles. The van der Waals surface area contributed by atoms with Crippen molar-refractivity contribution in [3.05, 3.63) is 48.5 Å². The van der Waals surface area contributed by atoms with Gasteiger partial charge in [-0.2, -0.15) is 9.78 Å². The van der Waals surface area contributed by atoms with Crippen molar-refractivity contribution in [1.29, 1.82) is 0 Å². The molecule has 0 fully saturated rings. The van der Waals surface area contributed by atoms with Gasteiger partial charge in [-0.1, -0.05) is 0 Å². The summed E-state index contributed by atoms with van der Waals surface area (Å²) in [7, 11) is 0. The van der Waals surface area contributed by atoms with Gasteiger partial charge in [-0.25, -0.2) is 10.2 Å². The van der Waals surface area contributed by atoms with Crippen LogP contribution in [0.15, 0.2) is 43.0 Å². The molecule has 0 saturated carbocycles. The summed E-state index contributed by atoms with van der Waals surface area (Å²) in [6.07, 6.45) is 5.88. The maximum Gasteiger partial charge on any atom is 0.360 e. The van der Waals surface area contributed by atoms with E-state index < -0.39 is 11.9 Å². The van der Waals surface area contributed by atoms with Crippen molar-refractivity contribution in [1.82, 2.24) is 25.6 Å². The number of carbonyl (C=O) groups excluding carboxylic acids is 2. The molecule has 0 unspecified atom stereocenters. The number of nitrogens with zero attached hydrogens (tertiary/aromatic N) is 3. The molecule has 2 amide bonds. The van der Waals surface area contributed by atoms with Gasteiger partial charge in [0.1, 0.15) is 0 Å². The van der Waals surface area contributed by atoms with Crippen molar-refractivity contribution in [2.24, 2.45) is 0 Å². The topological polar surface area (TPSA) is 88.9 Å². The predicted octanol–water partition coefficient (Wildman–Crippen LogP) is 0.181. The van der Waals surface area contributed by atoms with Gasteiger partial charge in [-0.05, 0) is 18.2 Å². The summed E-state index contributed by atoms with van der Waals surface area (Å²) < 4.78 is 1.06. The molecule has 0 aliphatic carbocycles. The Balaban J connectivity index is 1.91. The van der Waals surface area contributed by atoms with Crippen molar-refractivity contribution in [3.63, 3.8) is 0 Å². The minimum Gasteiger partial charge on any atom is -0.267 e. The van der Waals surface area contributed by atoms with E-state index in [-0.39, 0.29) is 0 Å².